The summed E-state index contributed by atoms with van der Waals surface area (Å²) in [5.41, 5.74) is -0.00866. The van der Waals surface area contributed by atoms with Gasteiger partial charge in [-0.25, -0.2) is 4.68 Å². The van der Waals surface area contributed by atoms with Crippen molar-refractivity contribution in [1.29, 1.82) is 0 Å². The molecule has 0 fully saturated rings. The van der Waals surface area contributed by atoms with Gasteiger partial charge in [0.05, 0.1) is 11.0 Å². The first-order valence-electron chi connectivity index (χ1n) is 5.83. The molecule has 2 rings (SSSR count). The molecule has 0 atom stereocenters. The van der Waals surface area contributed by atoms with Gasteiger partial charge in [-0.15, -0.1) is 5.10 Å². The van der Waals surface area contributed by atoms with Crippen LogP contribution in [0.25, 0.3) is 0 Å². The first-order valence-corrected chi connectivity index (χ1v) is 5.83. The number of rotatable bonds is 6. The Hall–Kier alpha value is -2.51. The summed E-state index contributed by atoms with van der Waals surface area (Å²) < 4.78 is 7.11. The minimum absolute atomic E-state index is 0.00866. The number of aryl methyl sites for hydroxylation is 1. The van der Waals surface area contributed by atoms with E-state index in [-0.39, 0.29) is 12.3 Å². The van der Waals surface area contributed by atoms with Crippen LogP contribution >= 0.6 is 0 Å². The van der Waals surface area contributed by atoms with Gasteiger partial charge in [0.2, 0.25) is 0 Å². The summed E-state index contributed by atoms with van der Waals surface area (Å²) in [6, 6.07) is 6.01. The molecule has 1 aromatic carbocycles. The number of nitro groups is 1. The summed E-state index contributed by atoms with van der Waals surface area (Å²) in [4.78, 5) is 10.2. The highest BCUT2D eigenvalue weighted by Crippen LogP contribution is 2.19. The molecule has 0 saturated carbocycles. The van der Waals surface area contributed by atoms with Gasteiger partial charge < -0.3 is 4.74 Å². The van der Waals surface area contributed by atoms with Crippen molar-refractivity contribution < 1.29 is 9.66 Å². The molecular formula is C11H13N5O3. The van der Waals surface area contributed by atoms with E-state index in [0.717, 1.165) is 6.42 Å². The van der Waals surface area contributed by atoms with Crippen molar-refractivity contribution >= 4 is 5.69 Å². The van der Waals surface area contributed by atoms with Crippen molar-refractivity contribution in [2.24, 2.45) is 0 Å². The maximum Gasteiger partial charge on any atom is 0.273 e. The molecule has 0 bridgehead atoms. The highest BCUT2D eigenvalue weighted by atomic mass is 16.6. The molecule has 19 heavy (non-hydrogen) atoms. The van der Waals surface area contributed by atoms with E-state index in [1.807, 2.05) is 6.92 Å². The van der Waals surface area contributed by atoms with E-state index in [1.165, 1.54) is 12.1 Å². The molecule has 1 heterocycles. The lowest BCUT2D eigenvalue weighted by Gasteiger charge is -2.05. The van der Waals surface area contributed by atoms with E-state index in [1.54, 1.807) is 16.8 Å². The van der Waals surface area contributed by atoms with Gasteiger partial charge in [-0.05, 0) is 22.9 Å². The molecule has 0 radical (unpaired) electrons. The third kappa shape index (κ3) is 3.24. The van der Waals surface area contributed by atoms with Crippen molar-refractivity contribution in [3.63, 3.8) is 0 Å². The van der Waals surface area contributed by atoms with Crippen LogP contribution in [0.1, 0.15) is 19.2 Å². The number of nitrogens with zero attached hydrogens (tertiary/aromatic N) is 5. The quantitative estimate of drug-likeness (QED) is 0.579. The highest BCUT2D eigenvalue weighted by molar-refractivity contribution is 5.37. The van der Waals surface area contributed by atoms with E-state index in [0.29, 0.717) is 18.1 Å². The van der Waals surface area contributed by atoms with Crippen LogP contribution in [0.2, 0.25) is 0 Å². The number of hydrogen-bond acceptors (Lipinski definition) is 6. The fourth-order valence-corrected chi connectivity index (χ4v) is 1.55. The number of tetrazole rings is 1. The van der Waals surface area contributed by atoms with E-state index >= 15 is 0 Å². The topological polar surface area (TPSA) is 96.0 Å². The van der Waals surface area contributed by atoms with Gasteiger partial charge in [-0.3, -0.25) is 10.1 Å². The van der Waals surface area contributed by atoms with Gasteiger partial charge in [-0.2, -0.15) is 0 Å². The van der Waals surface area contributed by atoms with Crippen LogP contribution in [0.3, 0.4) is 0 Å². The Morgan fingerprint density at radius 3 is 3.05 bits per heavy atom. The number of hydrogen-bond donors (Lipinski definition) is 0. The van der Waals surface area contributed by atoms with Crippen LogP contribution in [0.15, 0.2) is 24.3 Å². The first kappa shape index (κ1) is 12.9. The minimum atomic E-state index is -0.464. The molecule has 0 unspecified atom stereocenters. The second kappa shape index (κ2) is 5.89. The average Bonchev–Trinajstić information content (AvgIpc) is 2.85. The Balaban J connectivity index is 2.04. The molecule has 0 N–H and O–H groups in total. The van der Waals surface area contributed by atoms with Crippen molar-refractivity contribution in [2.75, 3.05) is 0 Å². The van der Waals surface area contributed by atoms with Crippen LogP contribution in [0.5, 0.6) is 5.75 Å². The standard InChI is InChI=1S/C11H13N5O3/c1-2-6-15-11(12-13-14-15)8-19-10-5-3-4-9(7-10)16(17)18/h3-5,7H,2,6,8H2,1H3. The zero-order chi connectivity index (χ0) is 13.7. The molecule has 0 spiro atoms. The number of ether oxygens (including phenoxy) is 1. The van der Waals surface area contributed by atoms with Crippen molar-refractivity contribution in [3.8, 4) is 5.75 Å². The van der Waals surface area contributed by atoms with Crippen LogP contribution in [-0.2, 0) is 13.2 Å². The molecule has 0 saturated heterocycles. The lowest BCUT2D eigenvalue weighted by molar-refractivity contribution is -0.384. The predicted octanol–water partition coefficient (Wildman–Crippen LogP) is 1.57. The zero-order valence-electron chi connectivity index (χ0n) is 10.4. The fourth-order valence-electron chi connectivity index (χ4n) is 1.55. The normalized spacial score (nSPS) is 10.4. The lowest BCUT2D eigenvalue weighted by atomic mass is 10.3. The summed E-state index contributed by atoms with van der Waals surface area (Å²) in [5, 5.41) is 21.9. The van der Waals surface area contributed by atoms with Crippen molar-refractivity contribution in [1.82, 2.24) is 20.2 Å². The SMILES string of the molecule is CCCn1nnnc1COc1cccc([N+](=O)[O-])c1. The maximum atomic E-state index is 10.6. The molecule has 8 nitrogen and oxygen atoms in total. The van der Waals surface area contributed by atoms with Gasteiger partial charge in [0.15, 0.2) is 5.82 Å². The molecule has 2 aromatic rings. The monoisotopic (exact) mass is 263 g/mol. The van der Waals surface area contributed by atoms with Gasteiger partial charge >= 0.3 is 0 Å². The van der Waals surface area contributed by atoms with Gasteiger partial charge in [0, 0.05) is 12.6 Å². The summed E-state index contributed by atoms with van der Waals surface area (Å²) in [6.45, 7) is 2.90. The predicted molar refractivity (Wildman–Crippen MR) is 65.5 cm³/mol. The van der Waals surface area contributed by atoms with Gasteiger partial charge in [0.25, 0.3) is 5.69 Å². The molecule has 0 aliphatic rings. The molecule has 0 amide bonds. The summed E-state index contributed by atoms with van der Waals surface area (Å²) in [6.07, 6.45) is 0.912. The van der Waals surface area contributed by atoms with Gasteiger partial charge in [0.1, 0.15) is 12.4 Å². The van der Waals surface area contributed by atoms with Crippen LogP contribution in [0.4, 0.5) is 5.69 Å². The van der Waals surface area contributed by atoms with E-state index in [4.69, 9.17) is 4.74 Å². The Morgan fingerprint density at radius 1 is 1.47 bits per heavy atom. The molecule has 100 valence electrons. The fraction of sp³-hybridized carbons (Fsp3) is 0.364. The minimum Gasteiger partial charge on any atom is -0.485 e. The Morgan fingerprint density at radius 2 is 2.32 bits per heavy atom. The first-order chi connectivity index (χ1) is 9.20. The highest BCUT2D eigenvalue weighted by Gasteiger charge is 2.09. The molecule has 1 aromatic heterocycles. The lowest BCUT2D eigenvalue weighted by Crippen LogP contribution is -2.08. The zero-order valence-corrected chi connectivity index (χ0v) is 10.4. The second-order valence-electron chi connectivity index (χ2n) is 3.86. The largest absolute Gasteiger partial charge is 0.485 e. The number of non-ortho nitro benzene ring substituents is 1. The molecule has 8 heteroatoms. The van der Waals surface area contributed by atoms with Gasteiger partial charge in [-0.1, -0.05) is 13.0 Å². The van der Waals surface area contributed by atoms with E-state index in [9.17, 15) is 10.1 Å². The molecule has 0 aliphatic carbocycles. The van der Waals surface area contributed by atoms with Crippen molar-refractivity contribution in [3.05, 3.63) is 40.2 Å². The summed E-state index contributed by atoms with van der Waals surface area (Å²) in [7, 11) is 0. The Bertz CT molecular complexity index is 569. The average molecular weight is 263 g/mol. The van der Waals surface area contributed by atoms with Crippen molar-refractivity contribution in [2.45, 2.75) is 26.5 Å². The third-order valence-corrected chi connectivity index (χ3v) is 2.44. The Kier molecular flexibility index (Phi) is 4.01. The van der Waals surface area contributed by atoms with E-state index in [2.05, 4.69) is 15.5 Å². The Labute approximate surface area is 109 Å². The second-order valence-corrected chi connectivity index (χ2v) is 3.86. The van der Waals surface area contributed by atoms with E-state index < -0.39 is 4.92 Å². The van der Waals surface area contributed by atoms with Crippen LogP contribution < -0.4 is 4.74 Å². The van der Waals surface area contributed by atoms with Crippen LogP contribution in [0, 0.1) is 10.1 Å². The molecular weight excluding hydrogens is 250 g/mol. The molecule has 0 aliphatic heterocycles. The summed E-state index contributed by atoms with van der Waals surface area (Å²) in [5.74, 6) is 1.01. The number of benzene rings is 1. The smallest absolute Gasteiger partial charge is 0.273 e. The van der Waals surface area contributed by atoms with Crippen LogP contribution in [-0.4, -0.2) is 25.1 Å². The number of aromatic nitrogens is 4. The third-order valence-electron chi connectivity index (χ3n) is 2.44. The maximum absolute atomic E-state index is 10.6. The number of nitro benzene ring substituents is 1. The summed E-state index contributed by atoms with van der Waals surface area (Å²) >= 11 is 0.